The van der Waals surface area contributed by atoms with E-state index >= 15 is 0 Å². The quantitative estimate of drug-likeness (QED) is 0.788. The van der Waals surface area contributed by atoms with Crippen molar-refractivity contribution < 1.29 is 4.39 Å². The molecule has 0 atom stereocenters. The van der Waals surface area contributed by atoms with E-state index in [1.54, 1.807) is 0 Å². The maximum atomic E-state index is 12.8. The van der Waals surface area contributed by atoms with Gasteiger partial charge < -0.3 is 9.88 Å². The monoisotopic (exact) mass is 193 g/mol. The van der Waals surface area contributed by atoms with Crippen LogP contribution < -0.4 is 0 Å². The number of aromatic amines is 1. The van der Waals surface area contributed by atoms with E-state index in [1.807, 2.05) is 25.2 Å². The van der Waals surface area contributed by atoms with E-state index in [4.69, 9.17) is 0 Å². The third-order valence-corrected chi connectivity index (χ3v) is 2.05. The van der Waals surface area contributed by atoms with Crippen molar-refractivity contribution in [2.75, 3.05) is 14.1 Å². The van der Waals surface area contributed by atoms with Gasteiger partial charge in [-0.1, -0.05) is 0 Å². The summed E-state index contributed by atoms with van der Waals surface area (Å²) in [6.45, 7) is 0.804. The minimum absolute atomic E-state index is 0.309. The molecule has 0 saturated carbocycles. The minimum atomic E-state index is -0.309. The molecule has 2 aromatic rings. The zero-order valence-corrected chi connectivity index (χ0v) is 8.21. The molecule has 0 aliphatic rings. The Labute approximate surface area is 81.6 Å². The molecular weight excluding hydrogens is 181 g/mol. The Balaban J connectivity index is 2.47. The molecule has 14 heavy (non-hydrogen) atoms. The highest BCUT2D eigenvalue weighted by atomic mass is 19.1. The smallest absolute Gasteiger partial charge is 0.143 e. The summed E-state index contributed by atoms with van der Waals surface area (Å²) in [5, 5.41) is 0. The number of hydrogen-bond donors (Lipinski definition) is 1. The molecule has 0 spiro atoms. The first-order valence-corrected chi connectivity index (χ1v) is 4.43. The molecule has 4 heteroatoms. The maximum Gasteiger partial charge on any atom is 0.143 e. The van der Waals surface area contributed by atoms with Crippen LogP contribution in [0.1, 0.15) is 5.56 Å². The van der Waals surface area contributed by atoms with Gasteiger partial charge in [-0.3, -0.25) is 4.98 Å². The molecule has 2 rings (SSSR count). The first kappa shape index (κ1) is 9.15. The molecule has 2 aromatic heterocycles. The van der Waals surface area contributed by atoms with Gasteiger partial charge in [-0.25, -0.2) is 4.39 Å². The molecular formula is C10H12FN3. The predicted molar refractivity (Wildman–Crippen MR) is 53.4 cm³/mol. The molecule has 0 aliphatic carbocycles. The lowest BCUT2D eigenvalue weighted by atomic mass is 10.2. The zero-order chi connectivity index (χ0) is 10.1. The number of nitrogens with zero attached hydrogens (tertiary/aromatic N) is 2. The van der Waals surface area contributed by atoms with Gasteiger partial charge in [0.05, 0.1) is 17.2 Å². The second-order valence-electron chi connectivity index (χ2n) is 3.60. The van der Waals surface area contributed by atoms with Gasteiger partial charge in [0.25, 0.3) is 0 Å². The molecule has 0 saturated heterocycles. The van der Waals surface area contributed by atoms with Crippen LogP contribution >= 0.6 is 0 Å². The first-order valence-electron chi connectivity index (χ1n) is 4.43. The van der Waals surface area contributed by atoms with E-state index in [1.165, 1.54) is 12.3 Å². The van der Waals surface area contributed by atoms with E-state index in [2.05, 4.69) is 9.97 Å². The fraction of sp³-hybridized carbons (Fsp3) is 0.300. The topological polar surface area (TPSA) is 31.9 Å². The van der Waals surface area contributed by atoms with Crippen LogP contribution in [0.3, 0.4) is 0 Å². The van der Waals surface area contributed by atoms with E-state index in [-0.39, 0.29) is 5.82 Å². The standard InChI is InChI=1S/C10H12FN3/c1-14(2)6-7-4-12-9-3-8(11)5-13-10(7)9/h3-5,12H,6H2,1-2H3. The Morgan fingerprint density at radius 1 is 1.50 bits per heavy atom. The Morgan fingerprint density at radius 2 is 2.29 bits per heavy atom. The molecule has 2 heterocycles. The van der Waals surface area contributed by atoms with Crippen LogP contribution in [0.4, 0.5) is 4.39 Å². The molecule has 3 nitrogen and oxygen atoms in total. The fourth-order valence-electron chi connectivity index (χ4n) is 1.50. The summed E-state index contributed by atoms with van der Waals surface area (Å²) in [4.78, 5) is 9.12. The van der Waals surface area contributed by atoms with Crippen molar-refractivity contribution in [3.05, 3.63) is 29.8 Å². The van der Waals surface area contributed by atoms with Gasteiger partial charge in [0.1, 0.15) is 5.82 Å². The number of rotatable bonds is 2. The Hall–Kier alpha value is -1.42. The lowest BCUT2D eigenvalue weighted by molar-refractivity contribution is 0.404. The van der Waals surface area contributed by atoms with Crippen LogP contribution in [0.5, 0.6) is 0 Å². The third kappa shape index (κ3) is 1.61. The molecule has 0 aromatic carbocycles. The fourth-order valence-corrected chi connectivity index (χ4v) is 1.50. The molecule has 0 bridgehead atoms. The lowest BCUT2D eigenvalue weighted by Gasteiger charge is -2.07. The molecule has 1 N–H and O–H groups in total. The number of pyridine rings is 1. The summed E-state index contributed by atoms with van der Waals surface area (Å²) < 4.78 is 12.8. The molecule has 0 aliphatic heterocycles. The average Bonchev–Trinajstić information content (AvgIpc) is 2.47. The van der Waals surface area contributed by atoms with Crippen molar-refractivity contribution in [3.8, 4) is 0 Å². The summed E-state index contributed by atoms with van der Waals surface area (Å²) in [5.74, 6) is -0.309. The summed E-state index contributed by atoms with van der Waals surface area (Å²) in [6, 6.07) is 1.46. The highest BCUT2D eigenvalue weighted by Gasteiger charge is 2.06. The maximum absolute atomic E-state index is 12.8. The number of halogens is 1. The Kier molecular flexibility index (Phi) is 2.21. The van der Waals surface area contributed by atoms with E-state index in [0.717, 1.165) is 23.1 Å². The van der Waals surface area contributed by atoms with E-state index < -0.39 is 0 Å². The second-order valence-corrected chi connectivity index (χ2v) is 3.60. The largest absolute Gasteiger partial charge is 0.359 e. The highest BCUT2D eigenvalue weighted by Crippen LogP contribution is 2.17. The highest BCUT2D eigenvalue weighted by molar-refractivity contribution is 5.78. The third-order valence-electron chi connectivity index (χ3n) is 2.05. The Morgan fingerprint density at radius 3 is 3.00 bits per heavy atom. The van der Waals surface area contributed by atoms with Gasteiger partial charge >= 0.3 is 0 Å². The van der Waals surface area contributed by atoms with Crippen LogP contribution in [-0.4, -0.2) is 29.0 Å². The SMILES string of the molecule is CN(C)Cc1c[nH]c2cc(F)cnc12. The van der Waals surface area contributed by atoms with Crippen LogP contribution in [0.15, 0.2) is 18.5 Å². The second kappa shape index (κ2) is 3.38. The van der Waals surface area contributed by atoms with Crippen molar-refractivity contribution in [2.45, 2.75) is 6.54 Å². The van der Waals surface area contributed by atoms with Crippen molar-refractivity contribution >= 4 is 11.0 Å². The van der Waals surface area contributed by atoms with Crippen molar-refractivity contribution in [1.29, 1.82) is 0 Å². The minimum Gasteiger partial charge on any atom is -0.359 e. The van der Waals surface area contributed by atoms with Gasteiger partial charge in [-0.2, -0.15) is 0 Å². The molecule has 0 fully saturated rings. The summed E-state index contributed by atoms with van der Waals surface area (Å²) in [5.41, 5.74) is 2.69. The number of nitrogens with one attached hydrogen (secondary N) is 1. The molecule has 0 unspecified atom stereocenters. The number of hydrogen-bond acceptors (Lipinski definition) is 2. The van der Waals surface area contributed by atoms with Crippen molar-refractivity contribution in [2.24, 2.45) is 0 Å². The zero-order valence-electron chi connectivity index (χ0n) is 8.21. The van der Waals surface area contributed by atoms with Crippen LogP contribution in [0.2, 0.25) is 0 Å². The summed E-state index contributed by atoms with van der Waals surface area (Å²) in [6.07, 6.45) is 3.12. The van der Waals surface area contributed by atoms with Crippen LogP contribution in [-0.2, 0) is 6.54 Å². The molecule has 74 valence electrons. The van der Waals surface area contributed by atoms with Gasteiger partial charge in [-0.15, -0.1) is 0 Å². The normalized spacial score (nSPS) is 11.4. The number of aromatic nitrogens is 2. The summed E-state index contributed by atoms with van der Waals surface area (Å²) >= 11 is 0. The average molecular weight is 193 g/mol. The number of fused-ring (bicyclic) bond motifs is 1. The Bertz CT molecular complexity index is 448. The summed E-state index contributed by atoms with van der Waals surface area (Å²) in [7, 11) is 3.98. The van der Waals surface area contributed by atoms with Crippen LogP contribution in [0, 0.1) is 5.82 Å². The van der Waals surface area contributed by atoms with Crippen LogP contribution in [0.25, 0.3) is 11.0 Å². The van der Waals surface area contributed by atoms with Crippen molar-refractivity contribution in [3.63, 3.8) is 0 Å². The van der Waals surface area contributed by atoms with E-state index in [0.29, 0.717) is 0 Å². The molecule has 0 amide bonds. The number of H-pyrrole nitrogens is 1. The molecule has 0 radical (unpaired) electrons. The van der Waals surface area contributed by atoms with Gasteiger partial charge in [-0.05, 0) is 14.1 Å². The van der Waals surface area contributed by atoms with Crippen molar-refractivity contribution in [1.82, 2.24) is 14.9 Å². The predicted octanol–water partition coefficient (Wildman–Crippen LogP) is 1.76. The van der Waals surface area contributed by atoms with Gasteiger partial charge in [0.15, 0.2) is 0 Å². The van der Waals surface area contributed by atoms with Gasteiger partial charge in [0, 0.05) is 24.4 Å². The van der Waals surface area contributed by atoms with Gasteiger partial charge in [0.2, 0.25) is 0 Å². The van der Waals surface area contributed by atoms with E-state index in [9.17, 15) is 4.39 Å². The lowest BCUT2D eigenvalue weighted by Crippen LogP contribution is -2.10. The first-order chi connectivity index (χ1) is 6.66.